The lowest BCUT2D eigenvalue weighted by molar-refractivity contribution is 0.256. The van der Waals surface area contributed by atoms with Gasteiger partial charge in [0.15, 0.2) is 11.5 Å². The summed E-state index contributed by atoms with van der Waals surface area (Å²) in [6, 6.07) is 12.1. The average Bonchev–Trinajstić information content (AvgIpc) is 2.52. The normalized spacial score (nSPS) is 12.1. The fourth-order valence-electron chi connectivity index (χ4n) is 2.26. The monoisotopic (exact) mass is 314 g/mol. The number of aromatic nitrogens is 1. The van der Waals surface area contributed by atoms with Crippen LogP contribution < -0.4 is 14.8 Å². The van der Waals surface area contributed by atoms with Crippen molar-refractivity contribution in [2.75, 3.05) is 19.0 Å². The van der Waals surface area contributed by atoms with E-state index in [4.69, 9.17) is 9.47 Å². The van der Waals surface area contributed by atoms with Crippen molar-refractivity contribution in [2.24, 2.45) is 5.92 Å². The predicted molar refractivity (Wildman–Crippen MR) is 94.3 cm³/mol. The number of anilines is 1. The molecule has 0 aliphatic rings. The number of ether oxygens (including phenoxy) is 2. The maximum Gasteiger partial charge on any atom is 0.161 e. The van der Waals surface area contributed by atoms with Gasteiger partial charge < -0.3 is 14.8 Å². The Morgan fingerprint density at radius 3 is 2.52 bits per heavy atom. The first-order chi connectivity index (χ1) is 11.0. The second-order valence-corrected chi connectivity index (χ2v) is 6.15. The van der Waals surface area contributed by atoms with Crippen molar-refractivity contribution in [3.8, 4) is 11.5 Å². The fraction of sp³-hybridized carbons (Fsp3) is 0.421. The van der Waals surface area contributed by atoms with E-state index >= 15 is 0 Å². The molecule has 2 aromatic rings. The van der Waals surface area contributed by atoms with Gasteiger partial charge in [-0.1, -0.05) is 26.0 Å². The lowest BCUT2D eigenvalue weighted by Gasteiger charge is -2.18. The van der Waals surface area contributed by atoms with Crippen LogP contribution in [0.3, 0.4) is 0 Å². The first kappa shape index (κ1) is 17.1. The molecule has 23 heavy (non-hydrogen) atoms. The molecule has 0 spiro atoms. The van der Waals surface area contributed by atoms with Crippen molar-refractivity contribution >= 4 is 5.82 Å². The Hall–Kier alpha value is -2.23. The van der Waals surface area contributed by atoms with Gasteiger partial charge in [0.2, 0.25) is 0 Å². The van der Waals surface area contributed by atoms with Crippen molar-refractivity contribution in [2.45, 2.75) is 33.7 Å². The molecule has 0 aliphatic heterocycles. The van der Waals surface area contributed by atoms with Gasteiger partial charge >= 0.3 is 0 Å². The van der Waals surface area contributed by atoms with E-state index < -0.39 is 0 Å². The first-order valence-electron chi connectivity index (χ1n) is 8.00. The molecule has 0 saturated heterocycles. The summed E-state index contributed by atoms with van der Waals surface area (Å²) >= 11 is 0. The van der Waals surface area contributed by atoms with Gasteiger partial charge in [0.1, 0.15) is 5.82 Å². The van der Waals surface area contributed by atoms with E-state index in [2.05, 4.69) is 37.1 Å². The van der Waals surface area contributed by atoms with Crippen molar-refractivity contribution in [1.29, 1.82) is 0 Å². The number of hydrogen-bond acceptors (Lipinski definition) is 4. The van der Waals surface area contributed by atoms with E-state index in [1.807, 2.05) is 37.3 Å². The maximum atomic E-state index is 5.80. The minimum atomic E-state index is 0.123. The molecule has 1 aromatic heterocycles. The number of methoxy groups -OCH3 is 1. The van der Waals surface area contributed by atoms with Crippen LogP contribution in [0.5, 0.6) is 11.5 Å². The van der Waals surface area contributed by atoms with E-state index in [0.29, 0.717) is 12.5 Å². The Morgan fingerprint density at radius 2 is 1.87 bits per heavy atom. The highest BCUT2D eigenvalue weighted by molar-refractivity contribution is 5.46. The third-order valence-corrected chi connectivity index (χ3v) is 3.51. The molecule has 1 heterocycles. The molecular formula is C19H26N2O2. The third-order valence-electron chi connectivity index (χ3n) is 3.51. The summed E-state index contributed by atoms with van der Waals surface area (Å²) in [5, 5.41) is 3.41. The average molecular weight is 314 g/mol. The summed E-state index contributed by atoms with van der Waals surface area (Å²) in [5.74, 6) is 2.89. The summed E-state index contributed by atoms with van der Waals surface area (Å²) in [4.78, 5) is 4.48. The van der Waals surface area contributed by atoms with Crippen LogP contribution in [-0.4, -0.2) is 18.7 Å². The predicted octanol–water partition coefficient (Wildman–Crippen LogP) is 4.61. The van der Waals surface area contributed by atoms with E-state index in [1.54, 1.807) is 7.11 Å². The van der Waals surface area contributed by atoms with Crippen molar-refractivity contribution in [1.82, 2.24) is 4.98 Å². The SMILES string of the molecule is COc1cc(C(C)Nc2cccc(C)n2)ccc1OCC(C)C. The van der Waals surface area contributed by atoms with Gasteiger partial charge in [-0.05, 0) is 49.6 Å². The molecule has 1 aromatic carbocycles. The molecular weight excluding hydrogens is 288 g/mol. The number of rotatable bonds is 7. The van der Waals surface area contributed by atoms with E-state index in [-0.39, 0.29) is 6.04 Å². The zero-order valence-corrected chi connectivity index (χ0v) is 14.6. The van der Waals surface area contributed by atoms with Crippen LogP contribution in [0.15, 0.2) is 36.4 Å². The standard InChI is InChI=1S/C19H26N2O2/c1-13(2)12-23-17-10-9-16(11-18(17)22-5)15(4)21-19-8-6-7-14(3)20-19/h6-11,13,15H,12H2,1-5H3,(H,20,21). The number of pyridine rings is 1. The van der Waals surface area contributed by atoms with E-state index in [1.165, 1.54) is 0 Å². The number of benzene rings is 1. The highest BCUT2D eigenvalue weighted by Gasteiger charge is 2.11. The molecule has 0 amide bonds. The zero-order chi connectivity index (χ0) is 16.8. The van der Waals surface area contributed by atoms with E-state index in [9.17, 15) is 0 Å². The van der Waals surface area contributed by atoms with Crippen LogP contribution in [0, 0.1) is 12.8 Å². The molecule has 2 rings (SSSR count). The second-order valence-electron chi connectivity index (χ2n) is 6.15. The summed E-state index contributed by atoms with van der Waals surface area (Å²) in [5.41, 5.74) is 2.12. The molecule has 1 unspecified atom stereocenters. The lowest BCUT2D eigenvalue weighted by atomic mass is 10.1. The number of nitrogens with one attached hydrogen (secondary N) is 1. The molecule has 1 N–H and O–H groups in total. The molecule has 0 radical (unpaired) electrons. The summed E-state index contributed by atoms with van der Waals surface area (Å²) in [6.45, 7) is 9.02. The smallest absolute Gasteiger partial charge is 0.161 e. The number of nitrogens with zero attached hydrogens (tertiary/aromatic N) is 1. The quantitative estimate of drug-likeness (QED) is 0.810. The van der Waals surface area contributed by atoms with Crippen molar-refractivity contribution in [3.63, 3.8) is 0 Å². The molecule has 0 fully saturated rings. The summed E-state index contributed by atoms with van der Waals surface area (Å²) in [7, 11) is 1.67. The summed E-state index contributed by atoms with van der Waals surface area (Å²) < 4.78 is 11.3. The van der Waals surface area contributed by atoms with Gasteiger partial charge in [-0.15, -0.1) is 0 Å². The fourth-order valence-corrected chi connectivity index (χ4v) is 2.26. The molecule has 4 nitrogen and oxygen atoms in total. The number of hydrogen-bond donors (Lipinski definition) is 1. The minimum absolute atomic E-state index is 0.123. The molecule has 0 aliphatic carbocycles. The topological polar surface area (TPSA) is 43.4 Å². The highest BCUT2D eigenvalue weighted by Crippen LogP contribution is 2.31. The largest absolute Gasteiger partial charge is 0.493 e. The van der Waals surface area contributed by atoms with Gasteiger partial charge in [0, 0.05) is 5.69 Å². The Kier molecular flexibility index (Phi) is 5.85. The van der Waals surface area contributed by atoms with Crippen molar-refractivity contribution < 1.29 is 9.47 Å². The maximum absolute atomic E-state index is 5.80. The van der Waals surface area contributed by atoms with Crippen LogP contribution >= 0.6 is 0 Å². The van der Waals surface area contributed by atoms with Gasteiger partial charge in [-0.25, -0.2) is 4.98 Å². The van der Waals surface area contributed by atoms with Crippen LogP contribution in [0.1, 0.15) is 38.1 Å². The van der Waals surface area contributed by atoms with Gasteiger partial charge in [-0.2, -0.15) is 0 Å². The van der Waals surface area contributed by atoms with E-state index in [0.717, 1.165) is 28.6 Å². The Bertz CT molecular complexity index is 641. The molecule has 124 valence electrons. The summed E-state index contributed by atoms with van der Waals surface area (Å²) in [6.07, 6.45) is 0. The molecule has 1 atom stereocenters. The second kappa shape index (κ2) is 7.86. The highest BCUT2D eigenvalue weighted by atomic mass is 16.5. The van der Waals surface area contributed by atoms with Gasteiger partial charge in [-0.3, -0.25) is 0 Å². The Labute approximate surface area is 138 Å². The molecule has 4 heteroatoms. The first-order valence-corrected chi connectivity index (χ1v) is 8.00. The number of aryl methyl sites for hydroxylation is 1. The Balaban J connectivity index is 2.12. The lowest BCUT2D eigenvalue weighted by Crippen LogP contribution is -2.09. The minimum Gasteiger partial charge on any atom is -0.493 e. The zero-order valence-electron chi connectivity index (χ0n) is 14.6. The van der Waals surface area contributed by atoms with Crippen LogP contribution in [0.2, 0.25) is 0 Å². The van der Waals surface area contributed by atoms with Crippen LogP contribution in [0.25, 0.3) is 0 Å². The van der Waals surface area contributed by atoms with Crippen LogP contribution in [0.4, 0.5) is 5.82 Å². The van der Waals surface area contributed by atoms with Crippen LogP contribution in [-0.2, 0) is 0 Å². The third kappa shape index (κ3) is 4.88. The molecule has 0 bridgehead atoms. The Morgan fingerprint density at radius 1 is 1.09 bits per heavy atom. The van der Waals surface area contributed by atoms with Gasteiger partial charge in [0.05, 0.1) is 19.8 Å². The van der Waals surface area contributed by atoms with Crippen molar-refractivity contribution in [3.05, 3.63) is 47.7 Å². The molecule has 0 saturated carbocycles. The van der Waals surface area contributed by atoms with Gasteiger partial charge in [0.25, 0.3) is 0 Å².